The molecule has 6 aromatic rings. The largest absolute Gasteiger partial charge is 0.484 e. The van der Waals surface area contributed by atoms with E-state index in [-0.39, 0.29) is 53.9 Å². The highest BCUT2D eigenvalue weighted by atomic mass is 19.4. The number of halogens is 6. The van der Waals surface area contributed by atoms with Gasteiger partial charge in [-0.25, -0.2) is 9.36 Å². The average molecular weight is 885 g/mol. The van der Waals surface area contributed by atoms with Crippen molar-refractivity contribution in [1.29, 1.82) is 0 Å². The normalized spacial score (nSPS) is 15.3. The molecule has 330 valence electrons. The zero-order valence-electron chi connectivity index (χ0n) is 33.8. The van der Waals surface area contributed by atoms with Crippen molar-refractivity contribution in [2.45, 2.75) is 43.8 Å². The SMILES string of the molecule is O=C(Cn1nc(-c2ccc(OCC(F)(F)F)cc2)ccc1=O)N1CC(c2cccc(-c3cc(-c4ccc(OCC(F)(F)F)cc4)nn(CC(=O)N4CCC4c4ccccc4)c3=O)c2)C1. The van der Waals surface area contributed by atoms with Crippen LogP contribution in [0.15, 0.2) is 131 Å². The second kappa shape index (κ2) is 17.9. The van der Waals surface area contributed by atoms with Crippen molar-refractivity contribution in [3.05, 3.63) is 153 Å². The summed E-state index contributed by atoms with van der Waals surface area (Å²) >= 11 is 0. The van der Waals surface area contributed by atoms with E-state index in [1.165, 1.54) is 60.7 Å². The van der Waals surface area contributed by atoms with Crippen LogP contribution in [0.2, 0.25) is 0 Å². The van der Waals surface area contributed by atoms with E-state index in [4.69, 9.17) is 9.47 Å². The number of ether oxygens (including phenoxy) is 2. The second-order valence-corrected chi connectivity index (χ2v) is 15.4. The Bertz CT molecular complexity index is 2770. The molecule has 12 nitrogen and oxygen atoms in total. The first-order valence-electron chi connectivity index (χ1n) is 20.1. The predicted molar refractivity (Wildman–Crippen MR) is 221 cm³/mol. The number of aromatic nitrogens is 4. The molecular weight excluding hydrogens is 847 g/mol. The fourth-order valence-corrected chi connectivity index (χ4v) is 7.50. The fourth-order valence-electron chi connectivity index (χ4n) is 7.50. The van der Waals surface area contributed by atoms with Crippen LogP contribution in [-0.4, -0.2) is 86.4 Å². The van der Waals surface area contributed by atoms with E-state index >= 15 is 0 Å². The van der Waals surface area contributed by atoms with Gasteiger partial charge in [-0.15, -0.1) is 0 Å². The van der Waals surface area contributed by atoms with E-state index in [1.54, 1.807) is 28.0 Å². The summed E-state index contributed by atoms with van der Waals surface area (Å²) in [5.41, 5.74) is 3.03. The predicted octanol–water partition coefficient (Wildman–Crippen LogP) is 7.28. The Morgan fingerprint density at radius 2 is 1.19 bits per heavy atom. The summed E-state index contributed by atoms with van der Waals surface area (Å²) in [6, 6.07) is 32.3. The van der Waals surface area contributed by atoms with E-state index in [9.17, 15) is 45.5 Å². The zero-order chi connectivity index (χ0) is 45.2. The van der Waals surface area contributed by atoms with Gasteiger partial charge in [0.05, 0.1) is 23.0 Å². The number of amides is 2. The van der Waals surface area contributed by atoms with Crippen LogP contribution in [-0.2, 0) is 22.7 Å². The number of rotatable bonds is 13. The Morgan fingerprint density at radius 1 is 0.609 bits per heavy atom. The van der Waals surface area contributed by atoms with Crippen LogP contribution in [0.5, 0.6) is 11.5 Å². The molecule has 0 saturated carbocycles. The maximum absolute atomic E-state index is 14.2. The first-order valence-corrected chi connectivity index (χ1v) is 20.1. The molecule has 18 heteroatoms. The third kappa shape index (κ3) is 10.2. The molecule has 0 bridgehead atoms. The Kier molecular flexibility index (Phi) is 12.1. The van der Waals surface area contributed by atoms with Crippen LogP contribution < -0.4 is 20.6 Å². The smallest absolute Gasteiger partial charge is 0.422 e. The van der Waals surface area contributed by atoms with Gasteiger partial charge < -0.3 is 19.3 Å². The third-order valence-corrected chi connectivity index (χ3v) is 10.9. The summed E-state index contributed by atoms with van der Waals surface area (Å²) in [6.45, 7) is -2.51. The van der Waals surface area contributed by atoms with Crippen molar-refractivity contribution in [3.8, 4) is 45.1 Å². The van der Waals surface area contributed by atoms with Crippen LogP contribution in [0.3, 0.4) is 0 Å². The summed E-state index contributed by atoms with van der Waals surface area (Å²) in [5.74, 6) is -0.821. The van der Waals surface area contributed by atoms with Gasteiger partial charge in [0.15, 0.2) is 13.2 Å². The minimum atomic E-state index is -4.52. The molecule has 4 heterocycles. The summed E-state index contributed by atoms with van der Waals surface area (Å²) < 4.78 is 87.7. The lowest BCUT2D eigenvalue weighted by Gasteiger charge is -2.41. The van der Waals surface area contributed by atoms with Gasteiger partial charge in [-0.1, -0.05) is 54.6 Å². The van der Waals surface area contributed by atoms with E-state index in [1.807, 2.05) is 42.5 Å². The van der Waals surface area contributed by atoms with E-state index in [0.29, 0.717) is 47.7 Å². The van der Waals surface area contributed by atoms with E-state index < -0.39 is 36.7 Å². The summed E-state index contributed by atoms with van der Waals surface area (Å²) in [5, 5.41) is 8.85. The zero-order valence-corrected chi connectivity index (χ0v) is 33.8. The van der Waals surface area contributed by atoms with Gasteiger partial charge in [-0.2, -0.15) is 36.5 Å². The van der Waals surface area contributed by atoms with Gasteiger partial charge in [0.1, 0.15) is 24.6 Å². The molecule has 1 unspecified atom stereocenters. The standard InChI is InChI=1S/C46H38F6N6O6/c47-45(48,49)27-63-35-13-9-29(10-14-35)38-17-18-41(59)57(53-38)25-42(60)55-23-34(24-55)32-7-4-8-33(21-32)37-22-39(30-11-15-36(16-12-30)64-28-46(50,51)52)54-58(44(37)62)26-43(61)56-20-19-40(56)31-5-2-1-3-6-31/h1-18,21-22,34,40H,19-20,23-28H2. The number of likely N-dealkylation sites (tertiary alicyclic amines) is 2. The van der Waals surface area contributed by atoms with Crippen LogP contribution in [0.4, 0.5) is 26.3 Å². The van der Waals surface area contributed by atoms with Crippen molar-refractivity contribution in [2.24, 2.45) is 0 Å². The summed E-state index contributed by atoms with van der Waals surface area (Å²) in [4.78, 5) is 57.2. The topological polar surface area (TPSA) is 129 Å². The van der Waals surface area contributed by atoms with Gasteiger partial charge in [-0.3, -0.25) is 19.2 Å². The molecule has 2 amide bonds. The Hall–Kier alpha value is -7.24. The maximum atomic E-state index is 14.2. The molecule has 8 rings (SSSR count). The number of hydrogen-bond donors (Lipinski definition) is 0. The second-order valence-electron chi connectivity index (χ2n) is 15.4. The molecule has 0 radical (unpaired) electrons. The molecule has 2 saturated heterocycles. The lowest BCUT2D eigenvalue weighted by atomic mass is 9.89. The Morgan fingerprint density at radius 3 is 1.78 bits per heavy atom. The lowest BCUT2D eigenvalue weighted by Crippen LogP contribution is -2.50. The molecule has 2 fully saturated rings. The number of carbonyl (C=O) groups excluding carboxylic acids is 2. The highest BCUT2D eigenvalue weighted by molar-refractivity contribution is 5.79. The third-order valence-electron chi connectivity index (χ3n) is 10.9. The van der Waals surface area contributed by atoms with Crippen molar-refractivity contribution < 1.29 is 45.4 Å². The maximum Gasteiger partial charge on any atom is 0.422 e. The summed E-state index contributed by atoms with van der Waals surface area (Å²) in [7, 11) is 0. The van der Waals surface area contributed by atoms with E-state index in [0.717, 1.165) is 26.9 Å². The minimum Gasteiger partial charge on any atom is -0.484 e. The molecule has 0 N–H and O–H groups in total. The monoisotopic (exact) mass is 884 g/mol. The number of hydrogen-bond acceptors (Lipinski definition) is 8. The van der Waals surface area contributed by atoms with Gasteiger partial charge >= 0.3 is 12.4 Å². The molecule has 2 aliphatic heterocycles. The first-order chi connectivity index (χ1) is 30.6. The van der Waals surface area contributed by atoms with Crippen LogP contribution in [0, 0.1) is 0 Å². The minimum absolute atomic E-state index is 0.00134. The highest BCUT2D eigenvalue weighted by Gasteiger charge is 2.35. The quantitative estimate of drug-likeness (QED) is 0.111. The molecule has 0 spiro atoms. The summed E-state index contributed by atoms with van der Waals surface area (Å²) in [6.07, 6.45) is -8.26. The lowest BCUT2D eigenvalue weighted by molar-refractivity contribution is -0.154. The number of carbonyl (C=O) groups is 2. The Balaban J connectivity index is 0.986. The molecule has 4 aromatic carbocycles. The van der Waals surface area contributed by atoms with Crippen LogP contribution in [0.1, 0.15) is 29.5 Å². The highest BCUT2D eigenvalue weighted by Crippen LogP contribution is 2.34. The van der Waals surface area contributed by atoms with Gasteiger partial charge in [0.2, 0.25) is 11.8 Å². The van der Waals surface area contributed by atoms with Crippen LogP contribution in [0.25, 0.3) is 33.6 Å². The van der Waals surface area contributed by atoms with Crippen LogP contribution >= 0.6 is 0 Å². The van der Waals surface area contributed by atoms with Crippen molar-refractivity contribution in [2.75, 3.05) is 32.8 Å². The molecule has 2 aliphatic rings. The number of alkyl halides is 6. The molecular formula is C46H38F6N6O6. The molecule has 0 aliphatic carbocycles. The van der Waals surface area contributed by atoms with Crippen molar-refractivity contribution in [3.63, 3.8) is 0 Å². The molecule has 64 heavy (non-hydrogen) atoms. The number of benzene rings is 4. The Labute approximate surface area is 360 Å². The average Bonchev–Trinajstić information content (AvgIpc) is 3.23. The first kappa shape index (κ1) is 43.4. The fraction of sp³-hybridized carbons (Fsp3) is 0.261. The van der Waals surface area contributed by atoms with Gasteiger partial charge in [0.25, 0.3) is 11.1 Å². The molecule has 1 atom stereocenters. The van der Waals surface area contributed by atoms with Crippen molar-refractivity contribution >= 4 is 11.8 Å². The van der Waals surface area contributed by atoms with Gasteiger partial charge in [-0.05, 0) is 83.8 Å². The van der Waals surface area contributed by atoms with Crippen molar-refractivity contribution in [1.82, 2.24) is 29.4 Å². The molecule has 2 aromatic heterocycles. The number of nitrogens with zero attached hydrogens (tertiary/aromatic N) is 6. The van der Waals surface area contributed by atoms with Gasteiger partial charge in [0, 0.05) is 42.7 Å². The van der Waals surface area contributed by atoms with E-state index in [2.05, 4.69) is 10.2 Å².